The minimum atomic E-state index is -4.28. The van der Waals surface area contributed by atoms with Gasteiger partial charge in [-0.1, -0.05) is 243 Å². The van der Waals surface area contributed by atoms with Gasteiger partial charge in [0, 0.05) is 89.8 Å². The van der Waals surface area contributed by atoms with Crippen LogP contribution in [0.2, 0.25) is 36.3 Å². The van der Waals surface area contributed by atoms with E-state index in [1.165, 1.54) is 0 Å². The summed E-state index contributed by atoms with van der Waals surface area (Å²) in [6.07, 6.45) is 9.89. The van der Waals surface area contributed by atoms with E-state index in [1.54, 1.807) is 66.7 Å². The monoisotopic (exact) mass is 2210 g/mol. The molecule has 19 rings (SSSR count). The van der Waals surface area contributed by atoms with Gasteiger partial charge in [0.15, 0.2) is 43.8 Å². The van der Waals surface area contributed by atoms with E-state index >= 15 is 13.2 Å². The van der Waals surface area contributed by atoms with Gasteiger partial charge in [-0.2, -0.15) is 0 Å². The highest BCUT2D eigenvalue weighted by molar-refractivity contribution is 9.12. The van der Waals surface area contributed by atoms with Gasteiger partial charge in [0.25, 0.3) is 0 Å². The summed E-state index contributed by atoms with van der Waals surface area (Å²) in [5, 5.41) is -1.23. The highest BCUT2D eigenvalue weighted by atomic mass is 79.9. The molecule has 5 unspecified atom stereocenters. The van der Waals surface area contributed by atoms with E-state index in [2.05, 4.69) is 181 Å². The van der Waals surface area contributed by atoms with Crippen LogP contribution in [0.3, 0.4) is 0 Å². The molecule has 0 N–H and O–H groups in total. The van der Waals surface area contributed by atoms with E-state index in [0.717, 1.165) is 92.7 Å². The van der Waals surface area contributed by atoms with Crippen LogP contribution in [-0.4, -0.2) is 237 Å². The number of ether oxygens (including phenoxy) is 16. The quantitative estimate of drug-likeness (QED) is 0.0289. The van der Waals surface area contributed by atoms with Crippen molar-refractivity contribution in [1.82, 2.24) is 0 Å². The Morgan fingerprint density at radius 2 is 0.877 bits per heavy atom. The van der Waals surface area contributed by atoms with Crippen LogP contribution in [0.1, 0.15) is 298 Å². The molecule has 16 heterocycles. The molecule has 0 amide bonds. The van der Waals surface area contributed by atoms with E-state index in [9.17, 15) is 14.4 Å². The summed E-state index contributed by atoms with van der Waals surface area (Å²) < 4.78 is 155. The molecule has 12 bridgehead atoms. The van der Waals surface area contributed by atoms with Crippen molar-refractivity contribution >= 4 is 81.8 Å². The first kappa shape index (κ1) is 116. The lowest BCUT2D eigenvalue weighted by Gasteiger charge is -2.47. The van der Waals surface area contributed by atoms with Gasteiger partial charge in [-0.3, -0.25) is 9.59 Å². The largest absolute Gasteiger partial charge is 0.458 e. The zero-order valence-corrected chi connectivity index (χ0v) is 95.7. The van der Waals surface area contributed by atoms with Gasteiger partial charge in [-0.05, 0) is 211 Å². The van der Waals surface area contributed by atoms with Crippen molar-refractivity contribution in [2.45, 2.75) is 494 Å². The van der Waals surface area contributed by atoms with Crippen molar-refractivity contribution in [3.05, 3.63) is 149 Å². The maximum Gasteiger partial charge on any atom is 0.338 e. The van der Waals surface area contributed by atoms with E-state index in [4.69, 9.17) is 84.6 Å². The second kappa shape index (κ2) is 48.5. The van der Waals surface area contributed by atoms with Crippen molar-refractivity contribution in [3.63, 3.8) is 0 Å². The van der Waals surface area contributed by atoms with Gasteiger partial charge in [0.1, 0.15) is 84.3 Å². The Hall–Kier alpha value is -4.40. The Morgan fingerprint density at radius 1 is 0.479 bits per heavy atom. The smallest absolute Gasteiger partial charge is 0.338 e. The molecule has 16 aliphatic heterocycles. The minimum Gasteiger partial charge on any atom is -0.458 e. The van der Waals surface area contributed by atoms with Gasteiger partial charge < -0.3 is 84.6 Å². The number of ketones is 2. The van der Waals surface area contributed by atoms with Crippen LogP contribution in [0.5, 0.6) is 0 Å². The summed E-state index contributed by atoms with van der Waals surface area (Å²) in [4.78, 5) is 56.6. The lowest BCUT2D eigenvalue weighted by molar-refractivity contribution is -0.292. The number of benzene rings is 3. The number of rotatable bonds is 44. The fourth-order valence-corrected chi connectivity index (χ4v) is 30.4. The van der Waals surface area contributed by atoms with Crippen LogP contribution < -0.4 is 0 Å². The van der Waals surface area contributed by atoms with Crippen molar-refractivity contribution < 1.29 is 112 Å². The number of carbonyl (C=O) groups excluding carboxylic acids is 4. The molecule has 29 heteroatoms. The number of esters is 2. The molecule has 0 spiro atoms. The summed E-state index contributed by atoms with van der Waals surface area (Å²) in [7, 11) is -8.24. The predicted octanol–water partition coefficient (Wildman–Crippen LogP) is 24.3. The number of carbonyl (C=O) groups is 4. The van der Waals surface area contributed by atoms with Crippen LogP contribution in [0.4, 0.5) is 0 Å². The second-order valence-corrected chi connectivity index (χ2v) is 62.7. The molecule has 146 heavy (non-hydrogen) atoms. The average Bonchev–Trinajstić information content (AvgIpc) is 1.55. The summed E-state index contributed by atoms with van der Waals surface area (Å²) >= 11 is 6.99. The maximum atomic E-state index is 15.7. The van der Waals surface area contributed by atoms with E-state index in [-0.39, 0.29) is 174 Å². The number of sulfone groups is 1. The SMILES string of the molecule is C.C=C(Br)C[C@@H](CC[C@@]12C[C@H]3O[C@H]4[C@@H](O1)[C@H]1O[C@@H](CC(=O)C([C@H]5C(C[C@H]6O[C@@H](CCCC)C[C@@H](C)C6=C)O[C@H](C[C@H](C)CO[Si](C)(C)C(C)(C)C)[C@@H]5C)S(=O)(=O)c5ccccc5)CC[C@@H]1O[C@H]4C3O2)OC(=O)c1ccccc1.C=C(Br)C[C@@H](CC[C@@]12C[C@H]3O[C@H]4[C@@H](O1)[C@H]1O[C@@H](CC(=O)C[C@H]5C(C[C@H]6O[C@@H](CCCC)C[C@@H](C)C6=C)O[C@H](C[C@H](C)CO[Si](C)(C)C(C)(C)C)[C@@H]5C)CC[C@@H]1O[C@H]4C3O2)OC(=O)c1ccccc1. The van der Waals surface area contributed by atoms with Gasteiger partial charge in [-0.25, -0.2) is 18.0 Å². The minimum absolute atomic E-state index is 0. The molecule has 0 aliphatic carbocycles. The number of hydrogen-bond acceptors (Lipinski definition) is 24. The maximum absolute atomic E-state index is 15.7. The summed E-state index contributed by atoms with van der Waals surface area (Å²) in [5.74, 6) is -2.72. The van der Waals surface area contributed by atoms with E-state index in [1.807, 2.05) is 24.3 Å². The second-order valence-electron chi connectivity index (χ2n) is 48.8. The van der Waals surface area contributed by atoms with Crippen LogP contribution >= 0.6 is 31.9 Å². The molecule has 24 nitrogen and oxygen atoms in total. The third kappa shape index (κ3) is 26.6. The number of Topliss-reactive ketones (excluding diaryl/α,β-unsaturated/α-hetero) is 2. The summed E-state index contributed by atoms with van der Waals surface area (Å²) in [6, 6.07) is 26.4. The molecule has 3 aromatic carbocycles. The van der Waals surface area contributed by atoms with Crippen LogP contribution in [-0.2, 0) is 104 Å². The topological polar surface area (TPSA) is 269 Å². The number of unbranched alkanes of at least 4 members (excludes halogenated alkanes) is 2. The van der Waals surface area contributed by atoms with Crippen LogP contribution in [0, 0.1) is 47.3 Å². The number of fused-ring (bicyclic) bond motifs is 2. The lowest BCUT2D eigenvalue weighted by atomic mass is 9.78. The normalized spacial score (nSPS) is 36.9. The van der Waals surface area contributed by atoms with Crippen molar-refractivity contribution in [1.29, 1.82) is 0 Å². The first-order valence-corrected chi connectivity index (χ1v) is 64.1. The molecule has 0 saturated carbocycles. The zero-order chi connectivity index (χ0) is 104. The first-order chi connectivity index (χ1) is 68.7. The Bertz CT molecular complexity index is 5040. The molecular weight excluding hydrogens is 2040 g/mol. The molecule has 16 fully saturated rings. The van der Waals surface area contributed by atoms with Crippen molar-refractivity contribution in [3.8, 4) is 0 Å². The van der Waals surface area contributed by atoms with Gasteiger partial charge in [-0.15, -0.1) is 0 Å². The number of halogens is 2. The Balaban J connectivity index is 0.000000219. The fraction of sp³-hybridized carbons (Fsp3) is 0.744. The van der Waals surface area contributed by atoms with Gasteiger partial charge in [0.05, 0.1) is 101 Å². The molecular formula is C117H174Br2O24SSi2. The standard InChI is InChI=1S/C61H87BrO13SSi.C55H83BrO11Si.CH4/c1-12-13-22-42-30-37(3)39(5)49(68-42)33-50-52(40(6)48(71-50)29-36(2)35-67-77(10,11)60(7,8)9)58(76(65,66)45-23-18-15-19-24-45)46(63)32-43-25-26-47-53(69-43)57-56-55(72-47)54-51(73-56)34-61(74-54,75-57)28-27-44(31-38(4)62)70-59(64)41-20-16-14-17-21-41;1-12-13-19-39-25-33(3)35(5)45(60-39)29-46-42(36(6)44(63-46)24-32(2)31-59-68(10,11)54(7,8)9)28-38(57)27-40-20-21-43-48(61-40)52-51-50(64-43)49-47(65-51)30-55(66-49,67-52)23-22-41(26-34(4)56)62-53(58)37-17-15-14-16-18-37;/h14-21,23-24,36-37,40,42-44,47-58H,4-5,12-13,22,25-35H2,1-3,6-11H3;14-18,32-33,36,39-52H,4-5,12-13,19-31H2,1-3,6-11H3;1H4/t36-,37+,40-,42-,43+,44+,47-,48+,49+,50?,51+,52+,53-,54?,55-,56+,57-,58?,61-;32-,33+,36+,39-,40+,41+,42+,43-,44+,45+,46?,47+,48-,49?,50-,51+,52-,55-;/m00./s1. The first-order valence-electron chi connectivity index (χ1n) is 55.1. The van der Waals surface area contributed by atoms with Crippen LogP contribution in [0.15, 0.2) is 142 Å². The average molecular weight is 2210 g/mol. The molecule has 16 saturated heterocycles. The van der Waals surface area contributed by atoms with Crippen molar-refractivity contribution in [2.75, 3.05) is 13.2 Å². The Labute approximate surface area is 891 Å². The molecule has 0 radical (unpaired) electrons. The van der Waals surface area contributed by atoms with E-state index < -0.39 is 116 Å². The van der Waals surface area contributed by atoms with Gasteiger partial charge >= 0.3 is 11.9 Å². The predicted molar refractivity (Wildman–Crippen MR) is 576 cm³/mol. The van der Waals surface area contributed by atoms with Crippen LogP contribution in [0.25, 0.3) is 0 Å². The lowest BCUT2D eigenvalue weighted by Crippen LogP contribution is -2.62. The van der Waals surface area contributed by atoms with Gasteiger partial charge in [0.2, 0.25) is 0 Å². The molecule has 0 aromatic heterocycles. The third-order valence-electron chi connectivity index (χ3n) is 35.7. The highest BCUT2D eigenvalue weighted by Gasteiger charge is 2.71. The zero-order valence-electron chi connectivity index (χ0n) is 89.7. The van der Waals surface area contributed by atoms with E-state index in [0.29, 0.717) is 131 Å². The summed E-state index contributed by atoms with van der Waals surface area (Å²) in [5.41, 5.74) is 3.11. The molecule has 16 aliphatic rings. The molecule has 814 valence electrons. The highest BCUT2D eigenvalue weighted by Crippen LogP contribution is 2.58. The van der Waals surface area contributed by atoms with Crippen molar-refractivity contribution in [2.24, 2.45) is 47.3 Å². The molecule has 37 atom stereocenters. The number of hydrogen-bond donors (Lipinski definition) is 0. The summed E-state index contributed by atoms with van der Waals surface area (Å²) in [6.45, 7) is 58.9. The molecule has 3 aromatic rings. The Kier molecular flexibility index (Phi) is 38.4. The fourth-order valence-electron chi connectivity index (χ4n) is 25.3. The third-order valence-corrected chi connectivity index (χ3v) is 47.6. The Morgan fingerprint density at radius 3 is 1.31 bits per heavy atom.